The minimum absolute atomic E-state index is 0. The Balaban J connectivity index is 0.00000372. The van der Waals surface area contributed by atoms with Crippen LogP contribution >= 0.6 is 0 Å². The first kappa shape index (κ1) is 32.7. The maximum Gasteiger partial charge on any atom is 0.231 e. The van der Waals surface area contributed by atoms with Gasteiger partial charge in [-0.15, -0.1) is 0 Å². The first-order valence-corrected chi connectivity index (χ1v) is 15.1. The number of carbonyl (C=O) groups is 1. The van der Waals surface area contributed by atoms with E-state index in [0.29, 0.717) is 46.8 Å². The molecule has 4 aliphatic rings. The van der Waals surface area contributed by atoms with Crippen LogP contribution in [0.3, 0.4) is 0 Å². The van der Waals surface area contributed by atoms with Crippen LogP contribution in [0.2, 0.25) is 0 Å². The molecule has 7 rings (SSSR count). The molecule has 0 saturated carbocycles. The van der Waals surface area contributed by atoms with Crippen LogP contribution in [0.15, 0.2) is 30.3 Å². The summed E-state index contributed by atoms with van der Waals surface area (Å²) in [6.07, 6.45) is 1.04. The molecule has 4 aliphatic heterocycles. The van der Waals surface area contributed by atoms with Gasteiger partial charge in [0.05, 0.1) is 31.7 Å². The molecule has 3 aromatic carbocycles. The zero-order valence-corrected chi connectivity index (χ0v) is 30.9. The van der Waals surface area contributed by atoms with Gasteiger partial charge in [0.1, 0.15) is 17.5 Å². The topological polar surface area (TPSA) is 148 Å². The van der Waals surface area contributed by atoms with E-state index in [1.807, 2.05) is 20.0 Å². The number of piperazine rings is 1. The number of nitrogens with one attached hydrogen (secondary N) is 1. The maximum atomic E-state index is 13.3. The number of phenolic OH excluding ortho intramolecular Hbond substituents is 3. The second kappa shape index (κ2) is 12.4. The SMILES string of the molecule is COc1c(C)cc2c(c1O)[C@@H]1[C@@H]3Cc4c(O)c(C)c5c(c4[C@H](CNC(=O)Cc4ccc(O)cc4)N3[C@@H](C#N)[C@H](C2)N1C)OCO5.[Ac]. The van der Waals surface area contributed by atoms with Crippen molar-refractivity contribution in [1.29, 1.82) is 5.26 Å². The molecule has 46 heavy (non-hydrogen) atoms. The molecular formula is C34H36AcN4O7. The van der Waals surface area contributed by atoms with Gasteiger partial charge in [0.25, 0.3) is 0 Å². The number of hydrogen-bond donors (Lipinski definition) is 4. The number of hydrogen-bond acceptors (Lipinski definition) is 10. The van der Waals surface area contributed by atoms with Gasteiger partial charge in [-0.3, -0.25) is 14.6 Å². The predicted octanol–water partition coefficient (Wildman–Crippen LogP) is 3.29. The number of amides is 1. The summed E-state index contributed by atoms with van der Waals surface area (Å²) in [6, 6.07) is 9.14. The summed E-state index contributed by atoms with van der Waals surface area (Å²) in [5, 5.41) is 46.6. The van der Waals surface area contributed by atoms with Crippen LogP contribution in [0.1, 0.15) is 51.0 Å². The average Bonchev–Trinajstić information content (AvgIpc) is 3.50. The van der Waals surface area contributed by atoms with Gasteiger partial charge < -0.3 is 34.8 Å². The second-order valence-corrected chi connectivity index (χ2v) is 12.4. The van der Waals surface area contributed by atoms with Crippen molar-refractivity contribution in [3.63, 3.8) is 0 Å². The summed E-state index contributed by atoms with van der Waals surface area (Å²) in [4.78, 5) is 17.6. The van der Waals surface area contributed by atoms with Gasteiger partial charge in [-0.05, 0) is 62.6 Å². The Hall–Kier alpha value is -3.22. The van der Waals surface area contributed by atoms with E-state index < -0.39 is 12.1 Å². The monoisotopic (exact) mass is 839 g/mol. The molecule has 5 atom stereocenters. The molecule has 0 spiro atoms. The van der Waals surface area contributed by atoms with Gasteiger partial charge in [0.2, 0.25) is 12.7 Å². The fourth-order valence-electron chi connectivity index (χ4n) is 8.11. The van der Waals surface area contributed by atoms with Crippen LogP contribution in [0.4, 0.5) is 0 Å². The van der Waals surface area contributed by atoms with Gasteiger partial charge in [0.15, 0.2) is 23.0 Å². The van der Waals surface area contributed by atoms with Crippen molar-refractivity contribution in [2.24, 2.45) is 0 Å². The molecule has 12 heteroatoms. The quantitative estimate of drug-likeness (QED) is 0.302. The van der Waals surface area contributed by atoms with Crippen LogP contribution in [-0.4, -0.2) is 76.6 Å². The van der Waals surface area contributed by atoms with Crippen LogP contribution in [0, 0.1) is 69.2 Å². The van der Waals surface area contributed by atoms with Crippen molar-refractivity contribution < 1.29 is 78.4 Å². The van der Waals surface area contributed by atoms with E-state index in [1.54, 1.807) is 38.3 Å². The number of aryl methyl sites for hydroxylation is 1. The summed E-state index contributed by atoms with van der Waals surface area (Å²) < 4.78 is 17.4. The molecule has 0 aliphatic carbocycles. The van der Waals surface area contributed by atoms with Crippen LogP contribution in [0.5, 0.6) is 34.5 Å². The number of ether oxygens (including phenoxy) is 3. The molecule has 1 saturated heterocycles. The van der Waals surface area contributed by atoms with Gasteiger partial charge in [-0.1, -0.05) is 18.2 Å². The van der Waals surface area contributed by atoms with Gasteiger partial charge in [-0.2, -0.15) is 5.26 Å². The Labute approximate surface area is 303 Å². The number of carbonyl (C=O) groups excluding carboxylic acids is 1. The number of fused-ring (bicyclic) bond motifs is 9. The van der Waals surface area contributed by atoms with Crippen LogP contribution in [0.25, 0.3) is 0 Å². The summed E-state index contributed by atoms with van der Waals surface area (Å²) in [5.74, 6) is 1.52. The Morgan fingerprint density at radius 1 is 1.07 bits per heavy atom. The average molecular weight is 840 g/mol. The fraction of sp³-hybridized carbons (Fsp3) is 0.412. The van der Waals surface area contributed by atoms with Crippen molar-refractivity contribution in [3.8, 4) is 40.6 Å². The molecule has 4 N–H and O–H groups in total. The van der Waals surface area contributed by atoms with E-state index in [9.17, 15) is 25.4 Å². The summed E-state index contributed by atoms with van der Waals surface area (Å²) >= 11 is 0. The van der Waals surface area contributed by atoms with E-state index >= 15 is 0 Å². The molecule has 4 heterocycles. The Kier molecular flexibility index (Phi) is 8.84. The van der Waals surface area contributed by atoms with E-state index in [4.69, 9.17) is 14.2 Å². The number of methoxy groups -OCH3 is 1. The van der Waals surface area contributed by atoms with Crippen LogP contribution < -0.4 is 19.5 Å². The molecule has 237 valence electrons. The number of aromatic hydroxyl groups is 3. The third kappa shape index (κ3) is 4.99. The number of rotatable bonds is 5. The van der Waals surface area contributed by atoms with Crippen molar-refractivity contribution in [1.82, 2.24) is 15.1 Å². The largest absolute Gasteiger partial charge is 0.508 e. The summed E-state index contributed by atoms with van der Waals surface area (Å²) in [6.45, 7) is 3.85. The minimum Gasteiger partial charge on any atom is -0.508 e. The zero-order chi connectivity index (χ0) is 31.7. The predicted molar refractivity (Wildman–Crippen MR) is 163 cm³/mol. The van der Waals surface area contributed by atoms with Gasteiger partial charge in [0, 0.05) is 84.9 Å². The number of phenols is 3. The molecule has 1 fully saturated rings. The Bertz CT molecular complexity index is 1760. The number of nitrogens with zero attached hydrogens (tertiary/aromatic N) is 3. The maximum absolute atomic E-state index is 13.3. The van der Waals surface area contributed by atoms with Crippen molar-refractivity contribution >= 4 is 5.91 Å². The molecule has 1 radical (unpaired) electrons. The van der Waals surface area contributed by atoms with E-state index in [-0.39, 0.29) is 105 Å². The summed E-state index contributed by atoms with van der Waals surface area (Å²) in [7, 11) is 3.53. The normalized spacial score (nSPS) is 24.1. The third-order valence-electron chi connectivity index (χ3n) is 10.1. The van der Waals surface area contributed by atoms with E-state index in [2.05, 4.69) is 21.2 Å². The van der Waals surface area contributed by atoms with Crippen LogP contribution in [-0.2, 0) is 24.1 Å². The van der Waals surface area contributed by atoms with E-state index in [1.165, 1.54) is 0 Å². The Morgan fingerprint density at radius 2 is 1.78 bits per heavy atom. The standard InChI is InChI=1S/C34H36N4O7.Ac/c1-16-9-19-11-22-24(13-35)38-23(29(37(22)3)27(19)31(42)32(16)43-4)12-21-28(34-33(44-15-45-34)17(2)30(21)41)25(38)14-36-26(40)10-18-5-7-20(39)8-6-18;/h5-9,22-25,29,39,41-42H,10-12,14-15H2,1-4H3,(H,36,40);/t22-,23-,24-,25-,29-;/m0./s1. The van der Waals surface area contributed by atoms with Gasteiger partial charge >= 0.3 is 0 Å². The Morgan fingerprint density at radius 3 is 2.48 bits per heavy atom. The zero-order valence-electron chi connectivity index (χ0n) is 26.2. The van der Waals surface area contributed by atoms with Crippen molar-refractivity contribution in [3.05, 3.63) is 69.3 Å². The molecule has 11 nitrogen and oxygen atoms in total. The van der Waals surface area contributed by atoms with E-state index in [0.717, 1.165) is 22.3 Å². The molecule has 3 aromatic rings. The minimum atomic E-state index is -0.567. The summed E-state index contributed by atoms with van der Waals surface area (Å²) in [5.41, 5.74) is 5.29. The first-order chi connectivity index (χ1) is 21.6. The molecule has 2 bridgehead atoms. The first-order valence-electron chi connectivity index (χ1n) is 15.1. The number of benzene rings is 3. The van der Waals surface area contributed by atoms with Crippen molar-refractivity contribution in [2.45, 2.75) is 63.3 Å². The smallest absolute Gasteiger partial charge is 0.231 e. The molecular weight excluding hydrogens is 803 g/mol. The second-order valence-electron chi connectivity index (χ2n) is 12.4. The molecule has 1 amide bonds. The molecule has 0 unspecified atom stereocenters. The number of nitriles is 1. The van der Waals surface area contributed by atoms with Crippen molar-refractivity contribution in [2.75, 3.05) is 27.5 Å². The third-order valence-corrected chi connectivity index (χ3v) is 10.1. The number of likely N-dealkylation sites (N-methyl/N-ethyl adjacent to an activating group) is 1. The fourth-order valence-corrected chi connectivity index (χ4v) is 8.11. The molecule has 0 aromatic heterocycles. The van der Waals surface area contributed by atoms with Gasteiger partial charge in [-0.25, -0.2) is 0 Å².